The van der Waals surface area contributed by atoms with E-state index in [0.717, 1.165) is 30.7 Å². The number of nitrogens with two attached hydrogens (primary N) is 1. The van der Waals surface area contributed by atoms with Crippen LogP contribution in [0.1, 0.15) is 41.2 Å². The van der Waals surface area contributed by atoms with E-state index in [-0.39, 0.29) is 24.5 Å². The molecule has 1 aliphatic rings. The molecule has 0 aromatic carbocycles. The third-order valence-corrected chi connectivity index (χ3v) is 4.29. The molecule has 1 heterocycles. The number of aliphatic hydroxyl groups is 1. The molecule has 1 aromatic heterocycles. The van der Waals surface area contributed by atoms with Gasteiger partial charge in [-0.05, 0) is 12.8 Å². The molecule has 1 aromatic rings. The van der Waals surface area contributed by atoms with Crippen LogP contribution in [-0.4, -0.2) is 28.6 Å². The predicted molar refractivity (Wildman–Crippen MR) is 70.3 cm³/mol. The van der Waals surface area contributed by atoms with Gasteiger partial charge in [0, 0.05) is 30.5 Å². The normalized spacial score (nSPS) is 23.9. The monoisotopic (exact) mass is 269 g/mol. The van der Waals surface area contributed by atoms with Crippen LogP contribution < -0.4 is 11.1 Å². The Morgan fingerprint density at radius 1 is 1.56 bits per heavy atom. The van der Waals surface area contributed by atoms with E-state index in [4.69, 9.17) is 5.73 Å². The first-order valence-electron chi connectivity index (χ1n) is 6.30. The van der Waals surface area contributed by atoms with Crippen molar-refractivity contribution >= 4 is 17.2 Å². The summed E-state index contributed by atoms with van der Waals surface area (Å²) in [5.74, 6) is 0.0200. The third kappa shape index (κ3) is 3.07. The number of carbonyl (C=O) groups is 1. The SMILES string of the molecule is NCc1nc(C(=O)NC2CCCCC2CO)cs1. The molecule has 1 aliphatic carbocycles. The fourth-order valence-electron chi connectivity index (χ4n) is 2.37. The molecule has 0 radical (unpaired) electrons. The molecule has 0 spiro atoms. The van der Waals surface area contributed by atoms with E-state index in [9.17, 15) is 9.90 Å². The number of carbonyl (C=O) groups excluding carboxylic acids is 1. The van der Waals surface area contributed by atoms with Crippen LogP contribution in [0.2, 0.25) is 0 Å². The van der Waals surface area contributed by atoms with E-state index in [0.29, 0.717) is 12.2 Å². The van der Waals surface area contributed by atoms with Gasteiger partial charge in [0.1, 0.15) is 10.7 Å². The number of nitrogens with zero attached hydrogens (tertiary/aromatic N) is 1. The molecule has 2 rings (SSSR count). The number of thiazole rings is 1. The largest absolute Gasteiger partial charge is 0.396 e. The highest BCUT2D eigenvalue weighted by atomic mass is 32.1. The van der Waals surface area contributed by atoms with Crippen molar-refractivity contribution in [1.29, 1.82) is 0 Å². The topological polar surface area (TPSA) is 88.2 Å². The van der Waals surface area contributed by atoms with Crippen LogP contribution >= 0.6 is 11.3 Å². The Morgan fingerprint density at radius 2 is 2.33 bits per heavy atom. The molecule has 4 N–H and O–H groups in total. The van der Waals surface area contributed by atoms with E-state index >= 15 is 0 Å². The zero-order valence-corrected chi connectivity index (χ0v) is 11.1. The maximum absolute atomic E-state index is 12.0. The number of aromatic nitrogens is 1. The quantitative estimate of drug-likeness (QED) is 0.757. The van der Waals surface area contributed by atoms with Gasteiger partial charge >= 0.3 is 0 Å². The highest BCUT2D eigenvalue weighted by Gasteiger charge is 2.26. The van der Waals surface area contributed by atoms with Gasteiger partial charge < -0.3 is 16.2 Å². The van der Waals surface area contributed by atoms with Crippen LogP contribution in [0.15, 0.2) is 5.38 Å². The van der Waals surface area contributed by atoms with E-state index in [1.165, 1.54) is 11.3 Å². The van der Waals surface area contributed by atoms with Crippen molar-refractivity contribution in [3.05, 3.63) is 16.1 Å². The second kappa shape index (κ2) is 6.26. The first-order valence-corrected chi connectivity index (χ1v) is 7.18. The van der Waals surface area contributed by atoms with Crippen molar-refractivity contribution in [2.24, 2.45) is 11.7 Å². The minimum Gasteiger partial charge on any atom is -0.396 e. The fraction of sp³-hybridized carbons (Fsp3) is 0.667. The van der Waals surface area contributed by atoms with Crippen LogP contribution in [0.3, 0.4) is 0 Å². The summed E-state index contributed by atoms with van der Waals surface area (Å²) >= 11 is 1.40. The Hall–Kier alpha value is -0.980. The molecule has 6 heteroatoms. The molecule has 100 valence electrons. The summed E-state index contributed by atoms with van der Waals surface area (Å²) in [5.41, 5.74) is 5.91. The number of amides is 1. The van der Waals surface area contributed by atoms with Crippen LogP contribution in [-0.2, 0) is 6.54 Å². The predicted octanol–water partition coefficient (Wildman–Crippen LogP) is 0.883. The lowest BCUT2D eigenvalue weighted by atomic mass is 9.85. The second-order valence-electron chi connectivity index (χ2n) is 4.64. The smallest absolute Gasteiger partial charge is 0.270 e. The van der Waals surface area contributed by atoms with Crippen LogP contribution in [0.5, 0.6) is 0 Å². The molecular formula is C12H19N3O2S. The zero-order chi connectivity index (χ0) is 13.0. The second-order valence-corrected chi connectivity index (χ2v) is 5.58. The van der Waals surface area contributed by atoms with Crippen LogP contribution in [0.4, 0.5) is 0 Å². The number of nitrogens with one attached hydrogen (secondary N) is 1. The Bertz CT molecular complexity index is 408. The minimum absolute atomic E-state index is 0.0688. The van der Waals surface area contributed by atoms with E-state index in [1.54, 1.807) is 5.38 Å². The molecule has 1 amide bonds. The van der Waals surface area contributed by atoms with Crippen LogP contribution in [0.25, 0.3) is 0 Å². The average molecular weight is 269 g/mol. The Morgan fingerprint density at radius 3 is 3.00 bits per heavy atom. The van der Waals surface area contributed by atoms with E-state index < -0.39 is 0 Å². The van der Waals surface area contributed by atoms with Crippen molar-refractivity contribution in [2.45, 2.75) is 38.3 Å². The van der Waals surface area contributed by atoms with E-state index in [1.807, 2.05) is 0 Å². The van der Waals surface area contributed by atoms with Gasteiger partial charge in [-0.2, -0.15) is 0 Å². The zero-order valence-electron chi connectivity index (χ0n) is 10.3. The third-order valence-electron chi connectivity index (χ3n) is 3.42. The Labute approximate surface area is 110 Å². The lowest BCUT2D eigenvalue weighted by molar-refractivity contribution is 0.0868. The molecule has 0 saturated heterocycles. The number of aliphatic hydroxyl groups excluding tert-OH is 1. The number of hydrogen-bond donors (Lipinski definition) is 3. The van der Waals surface area contributed by atoms with Crippen LogP contribution in [0, 0.1) is 5.92 Å². The highest BCUT2D eigenvalue weighted by Crippen LogP contribution is 2.24. The van der Waals surface area contributed by atoms with E-state index in [2.05, 4.69) is 10.3 Å². The van der Waals surface area contributed by atoms with Gasteiger partial charge in [-0.1, -0.05) is 12.8 Å². The standard InChI is InChI=1S/C12H19N3O2S/c13-5-11-14-10(7-18-11)12(17)15-9-4-2-1-3-8(9)6-16/h7-9,16H,1-6,13H2,(H,15,17). The van der Waals surface area contributed by atoms with Gasteiger partial charge in [0.05, 0.1) is 0 Å². The number of hydrogen-bond acceptors (Lipinski definition) is 5. The Balaban J connectivity index is 1.97. The van der Waals surface area contributed by atoms with Crippen molar-refractivity contribution in [3.63, 3.8) is 0 Å². The summed E-state index contributed by atoms with van der Waals surface area (Å²) < 4.78 is 0. The molecule has 2 atom stereocenters. The summed E-state index contributed by atoms with van der Waals surface area (Å²) in [4.78, 5) is 16.2. The summed E-state index contributed by atoms with van der Waals surface area (Å²) in [7, 11) is 0. The molecule has 18 heavy (non-hydrogen) atoms. The van der Waals surface area contributed by atoms with Crippen molar-refractivity contribution in [1.82, 2.24) is 10.3 Å². The summed E-state index contributed by atoms with van der Waals surface area (Å²) in [6.45, 7) is 0.497. The molecule has 5 nitrogen and oxygen atoms in total. The first kappa shape index (κ1) is 13.5. The molecular weight excluding hydrogens is 250 g/mol. The van der Waals surface area contributed by atoms with Crippen molar-refractivity contribution in [2.75, 3.05) is 6.61 Å². The summed E-state index contributed by atoms with van der Waals surface area (Å²) in [6.07, 6.45) is 4.15. The van der Waals surface area contributed by atoms with Crippen molar-refractivity contribution in [3.8, 4) is 0 Å². The maximum Gasteiger partial charge on any atom is 0.270 e. The molecule has 1 fully saturated rings. The average Bonchev–Trinajstić information content (AvgIpc) is 2.88. The van der Waals surface area contributed by atoms with Gasteiger partial charge in [0.2, 0.25) is 0 Å². The fourth-order valence-corrected chi connectivity index (χ4v) is 3.02. The number of rotatable bonds is 4. The van der Waals surface area contributed by atoms with Crippen molar-refractivity contribution < 1.29 is 9.90 Å². The summed E-state index contributed by atoms with van der Waals surface area (Å²) in [6, 6.07) is 0.0688. The van der Waals surface area contributed by atoms with Gasteiger partial charge in [-0.3, -0.25) is 4.79 Å². The molecule has 1 saturated carbocycles. The Kier molecular flexibility index (Phi) is 4.68. The molecule has 0 bridgehead atoms. The van der Waals surface area contributed by atoms with Gasteiger partial charge in [0.15, 0.2) is 0 Å². The summed E-state index contributed by atoms with van der Waals surface area (Å²) in [5, 5.41) is 14.8. The molecule has 0 aliphatic heterocycles. The maximum atomic E-state index is 12.0. The minimum atomic E-state index is -0.156. The lowest BCUT2D eigenvalue weighted by Crippen LogP contribution is -2.43. The van der Waals surface area contributed by atoms with Gasteiger partial charge in [-0.15, -0.1) is 11.3 Å². The first-order chi connectivity index (χ1) is 8.74. The van der Waals surface area contributed by atoms with Gasteiger partial charge in [-0.25, -0.2) is 4.98 Å². The lowest BCUT2D eigenvalue weighted by Gasteiger charge is -2.30. The highest BCUT2D eigenvalue weighted by molar-refractivity contribution is 7.09. The van der Waals surface area contributed by atoms with Gasteiger partial charge in [0.25, 0.3) is 5.91 Å². The molecule has 2 unspecified atom stereocenters.